The molecule has 0 saturated heterocycles. The van der Waals surface area contributed by atoms with Gasteiger partial charge in [0.2, 0.25) is 0 Å². The van der Waals surface area contributed by atoms with E-state index in [1.54, 1.807) is 4.68 Å². The number of nitrogens with zero attached hydrogens (tertiary/aromatic N) is 5. The Morgan fingerprint density at radius 1 is 1.23 bits per heavy atom. The van der Waals surface area contributed by atoms with Gasteiger partial charge in [-0.1, -0.05) is 34.6 Å². The van der Waals surface area contributed by atoms with Crippen molar-refractivity contribution >= 4 is 0 Å². The number of nitriles is 1. The molecule has 2 heterocycles. The molecule has 0 fully saturated rings. The van der Waals surface area contributed by atoms with E-state index in [9.17, 15) is 5.26 Å². The summed E-state index contributed by atoms with van der Waals surface area (Å²) < 4.78 is 6.92. The van der Waals surface area contributed by atoms with Crippen LogP contribution in [-0.2, 0) is 6.54 Å². The molecule has 0 N–H and O–H groups in total. The van der Waals surface area contributed by atoms with Crippen molar-refractivity contribution in [1.29, 1.82) is 5.26 Å². The summed E-state index contributed by atoms with van der Waals surface area (Å²) in [5, 5.41) is 21.4. The molecule has 1 aromatic carbocycles. The van der Waals surface area contributed by atoms with Gasteiger partial charge in [0.15, 0.2) is 5.69 Å². The Labute approximate surface area is 128 Å². The van der Waals surface area contributed by atoms with Crippen LogP contribution in [0.2, 0.25) is 0 Å². The number of benzene rings is 1. The fourth-order valence-electron chi connectivity index (χ4n) is 2.48. The number of aromatic nitrogens is 4. The zero-order chi connectivity index (χ0) is 15.7. The molecular weight excluding hydrogens is 278 g/mol. The minimum absolute atomic E-state index is 0.320. The monoisotopic (exact) mass is 293 g/mol. The van der Waals surface area contributed by atoms with Gasteiger partial charge in [0.05, 0.1) is 12.2 Å². The summed E-state index contributed by atoms with van der Waals surface area (Å²) in [6.07, 6.45) is 0. The number of aryl methyl sites for hydroxylation is 3. The topological polar surface area (TPSA) is 80.5 Å². The van der Waals surface area contributed by atoms with Gasteiger partial charge in [-0.25, -0.2) is 4.68 Å². The van der Waals surface area contributed by atoms with Crippen LogP contribution >= 0.6 is 0 Å². The van der Waals surface area contributed by atoms with Crippen LogP contribution in [0.1, 0.15) is 28.3 Å². The van der Waals surface area contributed by atoms with Crippen molar-refractivity contribution in [2.45, 2.75) is 27.3 Å². The lowest BCUT2D eigenvalue weighted by Crippen LogP contribution is -2.06. The summed E-state index contributed by atoms with van der Waals surface area (Å²) in [5.41, 5.74) is 4.85. The van der Waals surface area contributed by atoms with Crippen LogP contribution in [-0.4, -0.2) is 20.2 Å². The van der Waals surface area contributed by atoms with E-state index >= 15 is 0 Å². The zero-order valence-corrected chi connectivity index (χ0v) is 12.7. The Bertz CT molecular complexity index is 850. The van der Waals surface area contributed by atoms with Crippen molar-refractivity contribution in [1.82, 2.24) is 20.2 Å². The van der Waals surface area contributed by atoms with Crippen molar-refractivity contribution in [3.8, 4) is 17.3 Å². The summed E-state index contributed by atoms with van der Waals surface area (Å²) in [7, 11) is 0. The van der Waals surface area contributed by atoms with Crippen LogP contribution in [0.15, 0.2) is 28.8 Å². The molecule has 22 heavy (non-hydrogen) atoms. The Kier molecular flexibility index (Phi) is 3.47. The fourth-order valence-corrected chi connectivity index (χ4v) is 2.48. The summed E-state index contributed by atoms with van der Waals surface area (Å²) in [5.74, 6) is 0.752. The van der Waals surface area contributed by atoms with Gasteiger partial charge in [-0.2, -0.15) is 5.26 Å². The summed E-state index contributed by atoms with van der Waals surface area (Å²) in [6, 6.07) is 10.00. The lowest BCUT2D eigenvalue weighted by atomic mass is 10.0. The van der Waals surface area contributed by atoms with Crippen LogP contribution in [0.4, 0.5) is 0 Å². The van der Waals surface area contributed by atoms with Gasteiger partial charge in [0.1, 0.15) is 17.5 Å². The van der Waals surface area contributed by atoms with Crippen molar-refractivity contribution in [2.75, 3.05) is 0 Å². The molecule has 0 amide bonds. The Balaban J connectivity index is 2.13. The predicted octanol–water partition coefficient (Wildman–Crippen LogP) is 2.78. The Morgan fingerprint density at radius 3 is 2.64 bits per heavy atom. The van der Waals surface area contributed by atoms with E-state index in [-0.39, 0.29) is 0 Å². The second-order valence-electron chi connectivity index (χ2n) is 5.17. The SMILES string of the molecule is Cc1ccccc1-c1c(C#N)nnn1Cc1c(C)noc1C. The molecule has 6 heteroatoms. The third kappa shape index (κ3) is 2.27. The van der Waals surface area contributed by atoms with Gasteiger partial charge in [-0.05, 0) is 26.3 Å². The standard InChI is InChI=1S/C16H15N5O/c1-10-6-4-5-7-13(10)16-15(8-17)18-20-21(16)9-14-11(2)19-22-12(14)3/h4-7H,9H2,1-3H3. The molecule has 3 aromatic rings. The van der Waals surface area contributed by atoms with Gasteiger partial charge < -0.3 is 4.52 Å². The molecule has 0 atom stereocenters. The van der Waals surface area contributed by atoms with E-state index in [0.717, 1.165) is 33.8 Å². The van der Waals surface area contributed by atoms with Crippen LogP contribution in [0, 0.1) is 32.1 Å². The third-order valence-corrected chi connectivity index (χ3v) is 3.73. The molecule has 0 unspecified atom stereocenters. The smallest absolute Gasteiger partial charge is 0.190 e. The van der Waals surface area contributed by atoms with Crippen molar-refractivity contribution in [3.05, 3.63) is 52.5 Å². The van der Waals surface area contributed by atoms with Gasteiger partial charge in [-0.3, -0.25) is 0 Å². The molecule has 110 valence electrons. The molecular formula is C16H15N5O. The number of hydrogen-bond acceptors (Lipinski definition) is 5. The quantitative estimate of drug-likeness (QED) is 0.741. The fraction of sp³-hybridized carbons (Fsp3) is 0.250. The molecule has 0 radical (unpaired) electrons. The number of hydrogen-bond donors (Lipinski definition) is 0. The first kappa shape index (κ1) is 14.0. The average molecular weight is 293 g/mol. The number of rotatable bonds is 3. The summed E-state index contributed by atoms with van der Waals surface area (Å²) in [4.78, 5) is 0. The highest BCUT2D eigenvalue weighted by Gasteiger charge is 2.19. The zero-order valence-electron chi connectivity index (χ0n) is 12.7. The first-order valence-corrected chi connectivity index (χ1v) is 6.93. The van der Waals surface area contributed by atoms with Crippen LogP contribution in [0.5, 0.6) is 0 Å². The summed E-state index contributed by atoms with van der Waals surface area (Å²) >= 11 is 0. The highest BCUT2D eigenvalue weighted by atomic mass is 16.5. The van der Waals surface area contributed by atoms with E-state index in [0.29, 0.717) is 12.2 Å². The minimum Gasteiger partial charge on any atom is -0.361 e. The van der Waals surface area contributed by atoms with Gasteiger partial charge in [0, 0.05) is 11.1 Å². The van der Waals surface area contributed by atoms with Crippen LogP contribution < -0.4 is 0 Å². The molecule has 0 spiro atoms. The first-order chi connectivity index (χ1) is 10.6. The minimum atomic E-state index is 0.320. The normalized spacial score (nSPS) is 10.6. The Hall–Kier alpha value is -2.94. The van der Waals surface area contributed by atoms with Crippen LogP contribution in [0.25, 0.3) is 11.3 Å². The van der Waals surface area contributed by atoms with Crippen molar-refractivity contribution in [2.24, 2.45) is 0 Å². The first-order valence-electron chi connectivity index (χ1n) is 6.93. The summed E-state index contributed by atoms with van der Waals surface area (Å²) in [6.45, 7) is 6.23. The van der Waals surface area contributed by atoms with E-state index in [2.05, 4.69) is 21.5 Å². The van der Waals surface area contributed by atoms with E-state index in [1.807, 2.05) is 45.0 Å². The molecule has 3 rings (SSSR count). The predicted molar refractivity (Wildman–Crippen MR) is 80.0 cm³/mol. The molecule has 0 aliphatic carbocycles. The highest BCUT2D eigenvalue weighted by Crippen LogP contribution is 2.26. The van der Waals surface area contributed by atoms with E-state index < -0.39 is 0 Å². The van der Waals surface area contributed by atoms with Gasteiger partial charge >= 0.3 is 0 Å². The maximum absolute atomic E-state index is 9.32. The second-order valence-corrected chi connectivity index (χ2v) is 5.17. The maximum atomic E-state index is 9.32. The molecule has 0 aliphatic heterocycles. The molecule has 2 aromatic heterocycles. The maximum Gasteiger partial charge on any atom is 0.190 e. The lowest BCUT2D eigenvalue weighted by molar-refractivity contribution is 0.391. The second kappa shape index (κ2) is 5.45. The van der Waals surface area contributed by atoms with Crippen LogP contribution in [0.3, 0.4) is 0 Å². The van der Waals surface area contributed by atoms with Crippen molar-refractivity contribution < 1.29 is 4.52 Å². The third-order valence-electron chi connectivity index (χ3n) is 3.73. The average Bonchev–Trinajstić information content (AvgIpc) is 3.06. The Morgan fingerprint density at radius 2 is 2.00 bits per heavy atom. The van der Waals surface area contributed by atoms with Crippen molar-refractivity contribution in [3.63, 3.8) is 0 Å². The molecule has 6 nitrogen and oxygen atoms in total. The lowest BCUT2D eigenvalue weighted by Gasteiger charge is -2.09. The largest absolute Gasteiger partial charge is 0.361 e. The van der Waals surface area contributed by atoms with E-state index in [4.69, 9.17) is 4.52 Å². The van der Waals surface area contributed by atoms with E-state index in [1.165, 1.54) is 0 Å². The van der Waals surface area contributed by atoms with Gasteiger partial charge in [-0.15, -0.1) is 5.10 Å². The molecule has 0 bridgehead atoms. The molecule has 0 saturated carbocycles. The highest BCUT2D eigenvalue weighted by molar-refractivity contribution is 5.68. The molecule has 0 aliphatic rings. The van der Waals surface area contributed by atoms with Gasteiger partial charge in [0.25, 0.3) is 0 Å².